The summed E-state index contributed by atoms with van der Waals surface area (Å²) in [4.78, 5) is 3.94. The normalized spacial score (nSPS) is 21.8. The van der Waals surface area contributed by atoms with E-state index in [2.05, 4.69) is 16.6 Å². The third kappa shape index (κ3) is 3.34. The maximum Gasteiger partial charge on any atom is 0.302 e. The van der Waals surface area contributed by atoms with Crippen LogP contribution in [0.15, 0.2) is 18.3 Å². The minimum atomic E-state index is -3.52. The molecule has 1 atom stereocenters. The molecule has 0 bridgehead atoms. The van der Waals surface area contributed by atoms with Crippen LogP contribution in [0.4, 0.5) is 5.82 Å². The van der Waals surface area contributed by atoms with E-state index in [1.165, 1.54) is 16.6 Å². The van der Waals surface area contributed by atoms with Gasteiger partial charge in [-0.05, 0) is 24.8 Å². The fraction of sp³-hybridized carbons (Fsp3) is 0.545. The van der Waals surface area contributed by atoms with Gasteiger partial charge in [0.2, 0.25) is 0 Å². The van der Waals surface area contributed by atoms with E-state index in [9.17, 15) is 8.42 Å². The second-order valence-electron chi connectivity index (χ2n) is 4.57. The molecule has 1 aromatic rings. The lowest BCUT2D eigenvalue weighted by Gasteiger charge is -2.29. The van der Waals surface area contributed by atoms with Crippen molar-refractivity contribution in [2.75, 3.05) is 17.8 Å². The molecule has 2 rings (SSSR count). The molecule has 0 aromatic carbocycles. The zero-order valence-corrected chi connectivity index (χ0v) is 11.7. The number of hydrogen-bond donors (Lipinski definition) is 1. The van der Waals surface area contributed by atoms with E-state index in [0.29, 0.717) is 24.0 Å². The molecule has 0 saturated carbocycles. The molecule has 18 heavy (non-hydrogen) atoms. The predicted molar refractivity (Wildman–Crippen MR) is 71.8 cm³/mol. The molecule has 2 heterocycles. The maximum atomic E-state index is 12.1. The molecule has 1 unspecified atom stereocenters. The maximum absolute atomic E-state index is 12.1. The number of nitrogens with zero attached hydrogens (tertiary/aromatic N) is 2. The lowest BCUT2D eigenvalue weighted by Crippen LogP contribution is -2.42. The van der Waals surface area contributed by atoms with Gasteiger partial charge in [0.25, 0.3) is 0 Å². The highest BCUT2D eigenvalue weighted by atomic mass is 35.5. The van der Waals surface area contributed by atoms with E-state index < -0.39 is 10.2 Å². The summed E-state index contributed by atoms with van der Waals surface area (Å²) in [6, 6.07) is 3.09. The fourth-order valence-corrected chi connectivity index (χ4v) is 3.51. The van der Waals surface area contributed by atoms with Crippen LogP contribution in [0, 0.1) is 5.92 Å². The smallest absolute Gasteiger partial charge is 0.254 e. The van der Waals surface area contributed by atoms with Gasteiger partial charge in [-0.15, -0.1) is 0 Å². The lowest BCUT2D eigenvalue weighted by atomic mass is 10.0. The first kappa shape index (κ1) is 13.6. The molecule has 1 aliphatic heterocycles. The molecule has 0 aliphatic carbocycles. The highest BCUT2D eigenvalue weighted by molar-refractivity contribution is 7.90. The van der Waals surface area contributed by atoms with Crippen molar-refractivity contribution in [3.8, 4) is 0 Å². The van der Waals surface area contributed by atoms with Crippen molar-refractivity contribution in [3.63, 3.8) is 0 Å². The molecular formula is C11H16ClN3O2S. The Morgan fingerprint density at radius 1 is 1.56 bits per heavy atom. The first-order valence-corrected chi connectivity index (χ1v) is 7.68. The number of hydrogen-bond acceptors (Lipinski definition) is 3. The third-order valence-electron chi connectivity index (χ3n) is 2.92. The molecule has 5 nitrogen and oxygen atoms in total. The number of aromatic nitrogens is 1. The van der Waals surface area contributed by atoms with Crippen molar-refractivity contribution >= 4 is 27.6 Å². The predicted octanol–water partition coefficient (Wildman–Crippen LogP) is 2.12. The van der Waals surface area contributed by atoms with Crippen LogP contribution in [0.25, 0.3) is 0 Å². The summed E-state index contributed by atoms with van der Waals surface area (Å²) in [6.45, 7) is 3.16. The Morgan fingerprint density at radius 2 is 2.33 bits per heavy atom. The van der Waals surface area contributed by atoms with Crippen LogP contribution in [0.1, 0.15) is 19.8 Å². The highest BCUT2D eigenvalue weighted by Crippen LogP contribution is 2.20. The Labute approximate surface area is 112 Å². The van der Waals surface area contributed by atoms with Gasteiger partial charge in [0.05, 0.1) is 0 Å². The molecule has 1 aliphatic rings. The average Bonchev–Trinajstić information content (AvgIpc) is 2.28. The Balaban J connectivity index is 2.11. The number of anilines is 1. The minimum absolute atomic E-state index is 0.251. The van der Waals surface area contributed by atoms with E-state index in [1.807, 2.05) is 0 Å². The Bertz CT molecular complexity index is 521. The summed E-state index contributed by atoms with van der Waals surface area (Å²) < 4.78 is 28.2. The molecule has 1 saturated heterocycles. The van der Waals surface area contributed by atoms with Gasteiger partial charge in [-0.2, -0.15) is 12.7 Å². The second kappa shape index (κ2) is 5.42. The van der Waals surface area contributed by atoms with Crippen molar-refractivity contribution in [1.82, 2.24) is 9.29 Å². The highest BCUT2D eigenvalue weighted by Gasteiger charge is 2.27. The van der Waals surface area contributed by atoms with E-state index in [-0.39, 0.29) is 5.82 Å². The first-order chi connectivity index (χ1) is 8.47. The Morgan fingerprint density at radius 3 is 3.00 bits per heavy atom. The summed E-state index contributed by atoms with van der Waals surface area (Å²) in [5.74, 6) is 0.642. The Hall–Kier alpha value is -0.850. The molecule has 100 valence electrons. The zero-order chi connectivity index (χ0) is 13.2. The first-order valence-electron chi connectivity index (χ1n) is 5.87. The van der Waals surface area contributed by atoms with E-state index in [0.717, 1.165) is 12.8 Å². The van der Waals surface area contributed by atoms with E-state index in [1.54, 1.807) is 6.07 Å². The van der Waals surface area contributed by atoms with Crippen molar-refractivity contribution < 1.29 is 8.42 Å². The number of piperidine rings is 1. The van der Waals surface area contributed by atoms with Crippen molar-refractivity contribution in [2.45, 2.75) is 19.8 Å². The molecule has 0 amide bonds. The fourth-order valence-electron chi connectivity index (χ4n) is 2.02. The number of nitrogens with one attached hydrogen (secondary N) is 1. The summed E-state index contributed by atoms with van der Waals surface area (Å²) >= 11 is 5.79. The molecule has 1 N–H and O–H groups in total. The number of pyridine rings is 1. The number of halogens is 1. The van der Waals surface area contributed by atoms with Gasteiger partial charge >= 0.3 is 10.2 Å². The van der Waals surface area contributed by atoms with Gasteiger partial charge in [0.1, 0.15) is 5.82 Å². The topological polar surface area (TPSA) is 62.3 Å². The second-order valence-corrected chi connectivity index (χ2v) is 6.68. The lowest BCUT2D eigenvalue weighted by molar-refractivity contribution is 0.282. The van der Waals surface area contributed by atoms with Crippen LogP contribution >= 0.6 is 11.6 Å². The molecule has 1 fully saturated rings. The largest absolute Gasteiger partial charge is 0.302 e. The molecule has 0 spiro atoms. The summed E-state index contributed by atoms with van der Waals surface area (Å²) in [5, 5.41) is 0.453. The van der Waals surface area contributed by atoms with Gasteiger partial charge in [-0.25, -0.2) is 4.98 Å². The molecule has 7 heteroatoms. The molecule has 1 aromatic heterocycles. The standard InChI is InChI=1S/C11H16ClN3O2S/c1-9-3-2-6-15(8-9)18(16,17)14-11-7-10(12)4-5-13-11/h4-5,7,9H,2-3,6,8H2,1H3,(H,13,14). The van der Waals surface area contributed by atoms with Crippen LogP contribution in [-0.4, -0.2) is 30.8 Å². The van der Waals surface area contributed by atoms with Gasteiger partial charge in [0, 0.05) is 30.4 Å². The summed E-state index contributed by atoms with van der Waals surface area (Å²) in [7, 11) is -3.52. The zero-order valence-electron chi connectivity index (χ0n) is 10.1. The van der Waals surface area contributed by atoms with Gasteiger partial charge in [-0.3, -0.25) is 4.72 Å². The number of rotatable bonds is 3. The van der Waals surface area contributed by atoms with Gasteiger partial charge < -0.3 is 0 Å². The average molecular weight is 290 g/mol. The summed E-state index contributed by atoms with van der Waals surface area (Å²) in [6.07, 6.45) is 3.44. The van der Waals surface area contributed by atoms with Crippen LogP contribution in [-0.2, 0) is 10.2 Å². The summed E-state index contributed by atoms with van der Waals surface area (Å²) in [5.41, 5.74) is 0. The van der Waals surface area contributed by atoms with Gasteiger partial charge in [0.15, 0.2) is 0 Å². The van der Waals surface area contributed by atoms with Crippen LogP contribution < -0.4 is 4.72 Å². The van der Waals surface area contributed by atoms with E-state index in [4.69, 9.17) is 11.6 Å². The van der Waals surface area contributed by atoms with Crippen molar-refractivity contribution in [1.29, 1.82) is 0 Å². The Kier molecular flexibility index (Phi) is 4.09. The van der Waals surface area contributed by atoms with Crippen molar-refractivity contribution in [2.24, 2.45) is 5.92 Å². The van der Waals surface area contributed by atoms with Crippen molar-refractivity contribution in [3.05, 3.63) is 23.4 Å². The van der Waals surface area contributed by atoms with Crippen LogP contribution in [0.3, 0.4) is 0 Å². The molecule has 0 radical (unpaired) electrons. The van der Waals surface area contributed by atoms with Crippen LogP contribution in [0.2, 0.25) is 5.02 Å². The molecular weight excluding hydrogens is 274 g/mol. The minimum Gasteiger partial charge on any atom is -0.254 e. The SMILES string of the molecule is CC1CCCN(S(=O)(=O)Nc2cc(Cl)ccn2)C1. The quantitative estimate of drug-likeness (QED) is 0.927. The van der Waals surface area contributed by atoms with E-state index >= 15 is 0 Å². The van der Waals surface area contributed by atoms with Crippen LogP contribution in [0.5, 0.6) is 0 Å². The third-order valence-corrected chi connectivity index (χ3v) is 4.63. The monoisotopic (exact) mass is 289 g/mol. The van der Waals surface area contributed by atoms with Gasteiger partial charge in [-0.1, -0.05) is 18.5 Å².